The molecule has 2 N–H and O–H groups in total. The molecule has 0 aromatic carbocycles. The van der Waals surface area contributed by atoms with Gasteiger partial charge in [0.05, 0.1) is 0 Å². The van der Waals surface area contributed by atoms with E-state index in [1.807, 2.05) is 0 Å². The van der Waals surface area contributed by atoms with Crippen LogP contribution in [0.1, 0.15) is 40.0 Å². The van der Waals surface area contributed by atoms with Gasteiger partial charge in [0.15, 0.2) is 0 Å². The Morgan fingerprint density at radius 3 is 2.31 bits per heavy atom. The van der Waals surface area contributed by atoms with Gasteiger partial charge in [-0.25, -0.2) is 0 Å². The molecule has 0 aromatic heterocycles. The number of nitrogens with zero attached hydrogens (tertiary/aromatic N) is 1. The highest BCUT2D eigenvalue weighted by molar-refractivity contribution is 4.95. The van der Waals surface area contributed by atoms with E-state index in [1.54, 1.807) is 0 Å². The van der Waals surface area contributed by atoms with Crippen molar-refractivity contribution in [1.29, 1.82) is 0 Å². The van der Waals surface area contributed by atoms with Gasteiger partial charge in [-0.15, -0.1) is 0 Å². The van der Waals surface area contributed by atoms with Crippen LogP contribution >= 0.6 is 0 Å². The Bertz CT molecular complexity index is 150. The quantitative estimate of drug-likeness (QED) is 0.706. The second-order valence-corrected chi connectivity index (χ2v) is 4.94. The van der Waals surface area contributed by atoms with Crippen molar-refractivity contribution in [2.45, 2.75) is 45.6 Å². The van der Waals surface area contributed by atoms with Crippen LogP contribution in [0.5, 0.6) is 0 Å². The normalized spacial score (nSPS) is 20.8. The van der Waals surface area contributed by atoms with Gasteiger partial charge in [-0.05, 0) is 31.7 Å². The first-order valence-electron chi connectivity index (χ1n) is 5.57. The van der Waals surface area contributed by atoms with E-state index >= 15 is 0 Å². The van der Waals surface area contributed by atoms with Gasteiger partial charge in [-0.3, -0.25) is 0 Å². The minimum absolute atomic E-state index is 0.158. The van der Waals surface area contributed by atoms with Crippen LogP contribution in [-0.4, -0.2) is 30.1 Å². The Balaban J connectivity index is 2.30. The smallest absolute Gasteiger partial charge is 0.0283 e. The van der Waals surface area contributed by atoms with Crippen LogP contribution in [0.4, 0.5) is 0 Å². The maximum atomic E-state index is 6.21. The third kappa shape index (κ3) is 3.28. The summed E-state index contributed by atoms with van der Waals surface area (Å²) in [4.78, 5) is 2.49. The lowest BCUT2D eigenvalue weighted by molar-refractivity contribution is 0.139. The lowest BCUT2D eigenvalue weighted by atomic mass is 9.77. The fourth-order valence-electron chi connectivity index (χ4n) is 2.06. The molecule has 13 heavy (non-hydrogen) atoms. The van der Waals surface area contributed by atoms with Crippen molar-refractivity contribution < 1.29 is 0 Å². The van der Waals surface area contributed by atoms with Crippen LogP contribution in [0.25, 0.3) is 0 Å². The molecule has 0 radical (unpaired) electrons. The highest BCUT2D eigenvalue weighted by Crippen LogP contribution is 2.29. The highest BCUT2D eigenvalue weighted by Gasteiger charge is 2.33. The topological polar surface area (TPSA) is 29.3 Å². The SMILES string of the molecule is CCN(CC(C)C)CC1(N)CCC1. The number of nitrogens with two attached hydrogens (primary N) is 1. The van der Waals surface area contributed by atoms with Crippen molar-refractivity contribution in [3.8, 4) is 0 Å². The van der Waals surface area contributed by atoms with Gasteiger partial charge < -0.3 is 10.6 Å². The van der Waals surface area contributed by atoms with E-state index in [2.05, 4.69) is 25.7 Å². The lowest BCUT2D eigenvalue weighted by Gasteiger charge is -2.42. The molecule has 2 nitrogen and oxygen atoms in total. The van der Waals surface area contributed by atoms with Gasteiger partial charge in [0.1, 0.15) is 0 Å². The highest BCUT2D eigenvalue weighted by atomic mass is 15.1. The van der Waals surface area contributed by atoms with Crippen molar-refractivity contribution in [2.24, 2.45) is 11.7 Å². The maximum Gasteiger partial charge on any atom is 0.0283 e. The Morgan fingerprint density at radius 1 is 1.38 bits per heavy atom. The van der Waals surface area contributed by atoms with Crippen molar-refractivity contribution in [3.05, 3.63) is 0 Å². The Labute approximate surface area is 82.5 Å². The zero-order chi connectivity index (χ0) is 9.90. The monoisotopic (exact) mass is 184 g/mol. The molecule has 0 heterocycles. The summed E-state index contributed by atoms with van der Waals surface area (Å²) in [6.45, 7) is 10.2. The van der Waals surface area contributed by atoms with E-state index in [9.17, 15) is 0 Å². The molecule has 0 aromatic rings. The largest absolute Gasteiger partial charge is 0.324 e. The number of hydrogen-bond acceptors (Lipinski definition) is 2. The van der Waals surface area contributed by atoms with E-state index in [0.29, 0.717) is 0 Å². The molecule has 0 atom stereocenters. The second kappa shape index (κ2) is 4.43. The molecule has 0 spiro atoms. The number of rotatable bonds is 5. The third-order valence-electron chi connectivity index (χ3n) is 2.96. The predicted octanol–water partition coefficient (Wildman–Crippen LogP) is 1.85. The van der Waals surface area contributed by atoms with Gasteiger partial charge >= 0.3 is 0 Å². The van der Waals surface area contributed by atoms with Crippen LogP contribution < -0.4 is 5.73 Å². The molecule has 78 valence electrons. The molecule has 1 rings (SSSR count). The summed E-state index contributed by atoms with van der Waals surface area (Å²) in [5.74, 6) is 0.753. The molecule has 0 aliphatic heterocycles. The fraction of sp³-hybridized carbons (Fsp3) is 1.00. The van der Waals surface area contributed by atoms with Crippen LogP contribution in [0.15, 0.2) is 0 Å². The average molecular weight is 184 g/mol. The molecule has 0 unspecified atom stereocenters. The number of likely N-dealkylation sites (N-methyl/N-ethyl adjacent to an activating group) is 1. The van der Waals surface area contributed by atoms with E-state index in [-0.39, 0.29) is 5.54 Å². The minimum atomic E-state index is 0.158. The van der Waals surface area contributed by atoms with E-state index in [4.69, 9.17) is 5.73 Å². The standard InChI is InChI=1S/C11H24N2/c1-4-13(8-10(2)3)9-11(12)6-5-7-11/h10H,4-9,12H2,1-3H3. The lowest BCUT2D eigenvalue weighted by Crippen LogP contribution is -2.55. The summed E-state index contributed by atoms with van der Waals surface area (Å²) < 4.78 is 0. The summed E-state index contributed by atoms with van der Waals surface area (Å²) in [5.41, 5.74) is 6.37. The maximum absolute atomic E-state index is 6.21. The molecule has 0 bridgehead atoms. The van der Waals surface area contributed by atoms with Crippen molar-refractivity contribution in [2.75, 3.05) is 19.6 Å². The molecule has 1 aliphatic carbocycles. The average Bonchev–Trinajstić information content (AvgIpc) is 1.99. The number of hydrogen-bond donors (Lipinski definition) is 1. The van der Waals surface area contributed by atoms with Gasteiger partial charge in [0, 0.05) is 18.6 Å². The van der Waals surface area contributed by atoms with E-state index < -0.39 is 0 Å². The van der Waals surface area contributed by atoms with Crippen molar-refractivity contribution in [1.82, 2.24) is 4.90 Å². The summed E-state index contributed by atoms with van der Waals surface area (Å²) in [6.07, 6.45) is 3.78. The van der Waals surface area contributed by atoms with Crippen LogP contribution in [0.2, 0.25) is 0 Å². The molecule has 0 amide bonds. The van der Waals surface area contributed by atoms with Crippen LogP contribution in [0.3, 0.4) is 0 Å². The van der Waals surface area contributed by atoms with E-state index in [0.717, 1.165) is 19.0 Å². The van der Waals surface area contributed by atoms with Gasteiger partial charge in [0.25, 0.3) is 0 Å². The summed E-state index contributed by atoms with van der Waals surface area (Å²) in [5, 5.41) is 0. The summed E-state index contributed by atoms with van der Waals surface area (Å²) in [7, 11) is 0. The summed E-state index contributed by atoms with van der Waals surface area (Å²) in [6, 6.07) is 0. The van der Waals surface area contributed by atoms with Gasteiger partial charge in [-0.1, -0.05) is 20.8 Å². The summed E-state index contributed by atoms with van der Waals surface area (Å²) >= 11 is 0. The van der Waals surface area contributed by atoms with Gasteiger partial charge in [-0.2, -0.15) is 0 Å². The zero-order valence-corrected chi connectivity index (χ0v) is 9.34. The Morgan fingerprint density at radius 2 is 2.00 bits per heavy atom. The minimum Gasteiger partial charge on any atom is -0.324 e. The molecule has 0 saturated heterocycles. The van der Waals surface area contributed by atoms with Crippen molar-refractivity contribution in [3.63, 3.8) is 0 Å². The Kier molecular flexibility index (Phi) is 3.74. The third-order valence-corrected chi connectivity index (χ3v) is 2.96. The second-order valence-electron chi connectivity index (χ2n) is 4.94. The molecular weight excluding hydrogens is 160 g/mol. The predicted molar refractivity (Wildman–Crippen MR) is 57.7 cm³/mol. The molecule has 1 saturated carbocycles. The van der Waals surface area contributed by atoms with Crippen LogP contribution in [0, 0.1) is 5.92 Å². The Hall–Kier alpha value is -0.0800. The first kappa shape index (κ1) is 11.0. The zero-order valence-electron chi connectivity index (χ0n) is 9.34. The van der Waals surface area contributed by atoms with Crippen LogP contribution in [-0.2, 0) is 0 Å². The first-order chi connectivity index (χ1) is 6.06. The molecule has 1 aliphatic rings. The molecule has 2 heteroatoms. The fourth-order valence-corrected chi connectivity index (χ4v) is 2.06. The van der Waals surface area contributed by atoms with Gasteiger partial charge in [0.2, 0.25) is 0 Å². The van der Waals surface area contributed by atoms with Crippen molar-refractivity contribution >= 4 is 0 Å². The van der Waals surface area contributed by atoms with E-state index in [1.165, 1.54) is 25.8 Å². The first-order valence-corrected chi connectivity index (χ1v) is 5.57. The molecule has 1 fully saturated rings. The molecular formula is C11H24N2.